The molecule has 27 heavy (non-hydrogen) atoms. The lowest BCUT2D eigenvalue weighted by atomic mass is 10.1. The number of hydrogen-bond acceptors (Lipinski definition) is 7. The molecule has 1 aromatic carbocycles. The van der Waals surface area contributed by atoms with E-state index in [0.29, 0.717) is 10.8 Å². The van der Waals surface area contributed by atoms with Crippen molar-refractivity contribution in [2.75, 3.05) is 37.9 Å². The molecule has 0 spiro atoms. The maximum Gasteiger partial charge on any atom is 0.231 e. The van der Waals surface area contributed by atoms with Crippen LogP contribution in [0.4, 0.5) is 5.82 Å². The Morgan fingerprint density at radius 2 is 1.96 bits per heavy atom. The zero-order chi connectivity index (χ0) is 18.4. The topological polar surface area (TPSA) is 68.5 Å². The number of ether oxygens (including phenoxy) is 2. The Kier molecular flexibility index (Phi) is 4.02. The molecule has 2 aromatic heterocycles. The molecule has 0 saturated carbocycles. The van der Waals surface area contributed by atoms with Gasteiger partial charge in [0.2, 0.25) is 6.79 Å². The molecular formula is C18H19ClN6O2. The smallest absolute Gasteiger partial charge is 0.231 e. The van der Waals surface area contributed by atoms with Crippen LogP contribution in [-0.4, -0.2) is 57.6 Å². The van der Waals surface area contributed by atoms with Crippen LogP contribution in [0.3, 0.4) is 0 Å². The third-order valence-corrected chi connectivity index (χ3v) is 5.35. The van der Waals surface area contributed by atoms with Crippen LogP contribution < -0.4 is 14.4 Å². The third kappa shape index (κ3) is 2.94. The summed E-state index contributed by atoms with van der Waals surface area (Å²) < 4.78 is 12.6. The molecule has 4 heterocycles. The Hall–Kier alpha value is -2.58. The molecule has 9 heteroatoms. The fourth-order valence-corrected chi connectivity index (χ4v) is 3.98. The Morgan fingerprint density at radius 1 is 1.11 bits per heavy atom. The van der Waals surface area contributed by atoms with Gasteiger partial charge in [-0.15, -0.1) is 0 Å². The molecule has 2 aliphatic heterocycles. The SMILES string of the molecule is Cn1ncc2c(N3CCN(Cc4cc(Cl)c5c(c4)OCO5)CC3)ncnc21. The molecule has 2 aliphatic rings. The van der Waals surface area contributed by atoms with Crippen molar-refractivity contribution in [3.8, 4) is 11.5 Å². The van der Waals surface area contributed by atoms with Gasteiger partial charge >= 0.3 is 0 Å². The first-order chi connectivity index (χ1) is 13.2. The highest BCUT2D eigenvalue weighted by Crippen LogP contribution is 2.40. The summed E-state index contributed by atoms with van der Waals surface area (Å²) in [5, 5.41) is 5.91. The van der Waals surface area contributed by atoms with Crippen LogP contribution in [-0.2, 0) is 13.6 Å². The predicted octanol–water partition coefficient (Wildman–Crippen LogP) is 2.07. The number of aromatic nitrogens is 4. The Bertz CT molecular complexity index is 999. The van der Waals surface area contributed by atoms with Crippen LogP contribution >= 0.6 is 11.6 Å². The van der Waals surface area contributed by atoms with E-state index in [1.807, 2.05) is 25.4 Å². The predicted molar refractivity (Wildman–Crippen MR) is 101 cm³/mol. The van der Waals surface area contributed by atoms with E-state index in [4.69, 9.17) is 21.1 Å². The van der Waals surface area contributed by atoms with Crippen LogP contribution in [0.15, 0.2) is 24.7 Å². The Morgan fingerprint density at radius 3 is 2.81 bits per heavy atom. The van der Waals surface area contributed by atoms with Crippen molar-refractivity contribution < 1.29 is 9.47 Å². The van der Waals surface area contributed by atoms with Gasteiger partial charge in [-0.2, -0.15) is 5.10 Å². The molecule has 3 aromatic rings. The van der Waals surface area contributed by atoms with Gasteiger partial charge in [-0.05, 0) is 17.7 Å². The summed E-state index contributed by atoms with van der Waals surface area (Å²) >= 11 is 6.30. The van der Waals surface area contributed by atoms with Crippen molar-refractivity contribution in [2.24, 2.45) is 7.05 Å². The van der Waals surface area contributed by atoms with Gasteiger partial charge in [-0.1, -0.05) is 11.6 Å². The number of rotatable bonds is 3. The molecule has 0 bridgehead atoms. The fraction of sp³-hybridized carbons (Fsp3) is 0.389. The lowest BCUT2D eigenvalue weighted by Gasteiger charge is -2.35. The van der Waals surface area contributed by atoms with Crippen LogP contribution in [0.1, 0.15) is 5.56 Å². The molecule has 140 valence electrons. The average Bonchev–Trinajstić information content (AvgIpc) is 3.30. The molecule has 0 radical (unpaired) electrons. The first kappa shape index (κ1) is 16.6. The first-order valence-electron chi connectivity index (χ1n) is 8.87. The maximum atomic E-state index is 6.30. The third-order valence-electron chi connectivity index (χ3n) is 5.07. The van der Waals surface area contributed by atoms with Crippen LogP contribution in [0.2, 0.25) is 5.02 Å². The summed E-state index contributed by atoms with van der Waals surface area (Å²) in [6, 6.07) is 3.98. The highest BCUT2D eigenvalue weighted by molar-refractivity contribution is 6.32. The number of fused-ring (bicyclic) bond motifs is 2. The van der Waals surface area contributed by atoms with E-state index in [0.717, 1.165) is 60.9 Å². The van der Waals surface area contributed by atoms with E-state index in [1.165, 1.54) is 0 Å². The molecule has 0 N–H and O–H groups in total. The van der Waals surface area contributed by atoms with E-state index >= 15 is 0 Å². The van der Waals surface area contributed by atoms with Crippen molar-refractivity contribution in [3.05, 3.63) is 35.2 Å². The van der Waals surface area contributed by atoms with E-state index in [1.54, 1.807) is 11.0 Å². The van der Waals surface area contributed by atoms with Crippen molar-refractivity contribution >= 4 is 28.5 Å². The van der Waals surface area contributed by atoms with Gasteiger partial charge in [0.15, 0.2) is 17.1 Å². The minimum atomic E-state index is 0.235. The first-order valence-corrected chi connectivity index (χ1v) is 9.25. The molecule has 1 fully saturated rings. The molecular weight excluding hydrogens is 368 g/mol. The van der Waals surface area contributed by atoms with Gasteiger partial charge in [0.05, 0.1) is 16.6 Å². The fourth-order valence-electron chi connectivity index (χ4n) is 3.69. The van der Waals surface area contributed by atoms with Crippen LogP contribution in [0, 0.1) is 0 Å². The highest BCUT2D eigenvalue weighted by atomic mass is 35.5. The summed E-state index contributed by atoms with van der Waals surface area (Å²) in [6.07, 6.45) is 3.45. The van der Waals surface area contributed by atoms with Gasteiger partial charge in [-0.3, -0.25) is 9.58 Å². The number of hydrogen-bond donors (Lipinski definition) is 0. The zero-order valence-electron chi connectivity index (χ0n) is 14.9. The largest absolute Gasteiger partial charge is 0.454 e. The van der Waals surface area contributed by atoms with Crippen LogP contribution in [0.5, 0.6) is 11.5 Å². The average molecular weight is 387 g/mol. The summed E-state index contributed by atoms with van der Waals surface area (Å²) in [5.41, 5.74) is 1.99. The van der Waals surface area contributed by atoms with Crippen molar-refractivity contribution in [1.82, 2.24) is 24.6 Å². The molecule has 5 rings (SSSR count). The molecule has 0 aliphatic carbocycles. The summed E-state index contributed by atoms with van der Waals surface area (Å²) in [7, 11) is 1.90. The molecule has 0 amide bonds. The molecule has 0 atom stereocenters. The van der Waals surface area contributed by atoms with Gasteiger partial charge in [-0.25, -0.2) is 9.97 Å². The number of halogens is 1. The summed E-state index contributed by atoms with van der Waals surface area (Å²) in [6.45, 7) is 4.75. The number of nitrogens with zero attached hydrogens (tertiary/aromatic N) is 6. The lowest BCUT2D eigenvalue weighted by Crippen LogP contribution is -2.46. The molecule has 0 unspecified atom stereocenters. The van der Waals surface area contributed by atoms with Gasteiger partial charge in [0.1, 0.15) is 12.1 Å². The second-order valence-electron chi connectivity index (χ2n) is 6.78. The monoisotopic (exact) mass is 386 g/mol. The van der Waals surface area contributed by atoms with Crippen molar-refractivity contribution in [2.45, 2.75) is 6.54 Å². The number of anilines is 1. The second kappa shape index (κ2) is 6.54. The molecule has 1 saturated heterocycles. The highest BCUT2D eigenvalue weighted by Gasteiger charge is 2.23. The van der Waals surface area contributed by atoms with E-state index in [-0.39, 0.29) is 6.79 Å². The minimum Gasteiger partial charge on any atom is -0.454 e. The lowest BCUT2D eigenvalue weighted by molar-refractivity contribution is 0.174. The second-order valence-corrected chi connectivity index (χ2v) is 7.18. The Labute approximate surface area is 161 Å². The Balaban J connectivity index is 1.28. The van der Waals surface area contributed by atoms with E-state index in [2.05, 4.69) is 24.9 Å². The van der Waals surface area contributed by atoms with Crippen molar-refractivity contribution in [1.29, 1.82) is 0 Å². The van der Waals surface area contributed by atoms with Gasteiger partial charge in [0.25, 0.3) is 0 Å². The number of benzene rings is 1. The number of piperazine rings is 1. The van der Waals surface area contributed by atoms with Gasteiger partial charge < -0.3 is 14.4 Å². The normalized spacial score (nSPS) is 17.0. The standard InChI is InChI=1S/C18H19ClN6O2/c1-23-17-13(8-22-23)18(21-10-20-17)25-4-2-24(3-5-25)9-12-6-14(19)16-15(7-12)26-11-27-16/h6-8,10H,2-5,9,11H2,1H3. The molecule has 8 nitrogen and oxygen atoms in total. The van der Waals surface area contributed by atoms with E-state index < -0.39 is 0 Å². The summed E-state index contributed by atoms with van der Waals surface area (Å²) in [5.74, 6) is 2.34. The number of aryl methyl sites for hydroxylation is 1. The van der Waals surface area contributed by atoms with Gasteiger partial charge in [0, 0.05) is 39.8 Å². The summed E-state index contributed by atoms with van der Waals surface area (Å²) in [4.78, 5) is 13.5. The van der Waals surface area contributed by atoms with Crippen molar-refractivity contribution in [3.63, 3.8) is 0 Å². The quantitative estimate of drug-likeness (QED) is 0.682. The minimum absolute atomic E-state index is 0.235. The van der Waals surface area contributed by atoms with Crippen LogP contribution in [0.25, 0.3) is 11.0 Å². The van der Waals surface area contributed by atoms with E-state index in [9.17, 15) is 0 Å². The zero-order valence-corrected chi connectivity index (χ0v) is 15.7. The maximum absolute atomic E-state index is 6.30.